The van der Waals surface area contributed by atoms with Crippen molar-refractivity contribution >= 4 is 17.8 Å². The lowest BCUT2D eigenvalue weighted by Gasteiger charge is -2.07. The van der Waals surface area contributed by atoms with Crippen molar-refractivity contribution in [1.82, 2.24) is 5.32 Å². The van der Waals surface area contributed by atoms with E-state index in [1.165, 1.54) is 0 Å². The number of aryl methyl sites for hydroxylation is 1. The molecular weight excluding hydrogens is 304 g/mol. The van der Waals surface area contributed by atoms with Crippen molar-refractivity contribution in [2.24, 2.45) is 4.99 Å². The summed E-state index contributed by atoms with van der Waals surface area (Å²) in [7, 11) is 3.17. The summed E-state index contributed by atoms with van der Waals surface area (Å²) in [5.41, 5.74) is 3.07. The Hall–Kier alpha value is -3.08. The van der Waals surface area contributed by atoms with Gasteiger partial charge >= 0.3 is 0 Å². The van der Waals surface area contributed by atoms with Gasteiger partial charge in [0.1, 0.15) is 23.0 Å². The van der Waals surface area contributed by atoms with Crippen LogP contribution in [0.25, 0.3) is 6.08 Å². The molecule has 5 nitrogen and oxygen atoms in total. The quantitative estimate of drug-likeness (QED) is 0.881. The molecule has 24 heavy (non-hydrogen) atoms. The van der Waals surface area contributed by atoms with Crippen LogP contribution in [-0.4, -0.2) is 26.0 Å². The van der Waals surface area contributed by atoms with Crippen LogP contribution in [0.5, 0.6) is 11.5 Å². The molecule has 0 bridgehead atoms. The molecule has 0 aliphatic carbocycles. The zero-order valence-corrected chi connectivity index (χ0v) is 13.8. The van der Waals surface area contributed by atoms with E-state index in [9.17, 15) is 4.79 Å². The van der Waals surface area contributed by atoms with Crippen LogP contribution in [0.3, 0.4) is 0 Å². The first kappa shape index (κ1) is 15.8. The van der Waals surface area contributed by atoms with Crippen LogP contribution in [0.4, 0.5) is 0 Å². The minimum atomic E-state index is -0.230. The molecular formula is C19H18N2O3. The highest BCUT2D eigenvalue weighted by molar-refractivity contribution is 6.20. The highest BCUT2D eigenvalue weighted by Gasteiger charge is 2.22. The average molecular weight is 322 g/mol. The Labute approximate surface area is 140 Å². The maximum atomic E-state index is 12.2. The summed E-state index contributed by atoms with van der Waals surface area (Å²) in [6.07, 6.45) is 1.71. The summed E-state index contributed by atoms with van der Waals surface area (Å²) in [6, 6.07) is 13.2. The molecule has 0 saturated heterocycles. The summed E-state index contributed by atoms with van der Waals surface area (Å²) < 4.78 is 10.5. The van der Waals surface area contributed by atoms with Gasteiger partial charge in [-0.3, -0.25) is 4.79 Å². The molecule has 1 N–H and O–H groups in total. The Bertz CT molecular complexity index is 853. The molecule has 1 amide bonds. The molecule has 0 radical (unpaired) electrons. The number of hydrogen-bond acceptors (Lipinski definition) is 4. The van der Waals surface area contributed by atoms with E-state index in [4.69, 9.17) is 9.47 Å². The van der Waals surface area contributed by atoms with Gasteiger partial charge < -0.3 is 14.8 Å². The minimum Gasteiger partial charge on any atom is -0.497 e. The van der Waals surface area contributed by atoms with Gasteiger partial charge in [0, 0.05) is 17.2 Å². The zero-order valence-electron chi connectivity index (χ0n) is 13.8. The molecule has 3 rings (SSSR count). The second-order valence-corrected chi connectivity index (χ2v) is 5.37. The molecule has 0 saturated carbocycles. The molecule has 5 heteroatoms. The molecule has 0 fully saturated rings. The molecule has 122 valence electrons. The molecule has 1 aliphatic rings. The zero-order chi connectivity index (χ0) is 17.1. The number of hydrogen-bond donors (Lipinski definition) is 1. The van der Waals surface area contributed by atoms with Crippen molar-refractivity contribution in [3.05, 3.63) is 64.9 Å². The number of carbonyl (C=O) groups excluding carboxylic acids is 1. The number of rotatable bonds is 4. The summed E-state index contributed by atoms with van der Waals surface area (Å²) >= 11 is 0. The van der Waals surface area contributed by atoms with Gasteiger partial charge in [-0.25, -0.2) is 4.99 Å². The van der Waals surface area contributed by atoms with Gasteiger partial charge in [-0.05, 0) is 30.7 Å². The number of amides is 1. The van der Waals surface area contributed by atoms with Crippen LogP contribution >= 0.6 is 0 Å². The predicted molar refractivity (Wildman–Crippen MR) is 93.4 cm³/mol. The van der Waals surface area contributed by atoms with E-state index in [2.05, 4.69) is 10.3 Å². The minimum absolute atomic E-state index is 0.230. The largest absolute Gasteiger partial charge is 0.497 e. The van der Waals surface area contributed by atoms with Gasteiger partial charge in [-0.1, -0.05) is 24.3 Å². The van der Waals surface area contributed by atoms with E-state index >= 15 is 0 Å². The van der Waals surface area contributed by atoms with Crippen LogP contribution in [0.15, 0.2) is 53.2 Å². The van der Waals surface area contributed by atoms with Crippen molar-refractivity contribution in [2.75, 3.05) is 14.2 Å². The third-order valence-electron chi connectivity index (χ3n) is 3.83. The van der Waals surface area contributed by atoms with E-state index in [0.717, 1.165) is 16.7 Å². The lowest BCUT2D eigenvalue weighted by Crippen LogP contribution is -2.25. The number of aliphatic imine (C=N–C) groups is 1. The van der Waals surface area contributed by atoms with Crippen LogP contribution in [0, 0.1) is 6.92 Å². The number of ether oxygens (including phenoxy) is 2. The number of nitrogens with one attached hydrogen (secondary N) is 1. The first-order chi connectivity index (χ1) is 11.6. The first-order valence-electron chi connectivity index (χ1n) is 7.52. The molecule has 2 aromatic carbocycles. The maximum absolute atomic E-state index is 12.2. The highest BCUT2D eigenvalue weighted by atomic mass is 16.5. The lowest BCUT2D eigenvalue weighted by molar-refractivity contribution is -0.115. The van der Waals surface area contributed by atoms with Gasteiger partial charge in [0.25, 0.3) is 5.91 Å². The van der Waals surface area contributed by atoms with E-state index < -0.39 is 0 Å². The highest BCUT2D eigenvalue weighted by Crippen LogP contribution is 2.27. The Morgan fingerprint density at radius 2 is 1.88 bits per heavy atom. The molecule has 0 unspecified atom stereocenters. The van der Waals surface area contributed by atoms with Crippen LogP contribution in [0.1, 0.15) is 16.7 Å². The molecule has 0 aromatic heterocycles. The summed E-state index contributed by atoms with van der Waals surface area (Å²) in [6.45, 7) is 1.98. The average Bonchev–Trinajstić information content (AvgIpc) is 2.96. The van der Waals surface area contributed by atoms with Crippen molar-refractivity contribution < 1.29 is 14.3 Å². The monoisotopic (exact) mass is 322 g/mol. The fourth-order valence-corrected chi connectivity index (χ4v) is 2.52. The van der Waals surface area contributed by atoms with Crippen LogP contribution in [0.2, 0.25) is 0 Å². The van der Waals surface area contributed by atoms with E-state index in [1.54, 1.807) is 26.4 Å². The Morgan fingerprint density at radius 1 is 1.08 bits per heavy atom. The first-order valence-corrected chi connectivity index (χ1v) is 7.52. The van der Waals surface area contributed by atoms with Gasteiger partial charge in [0.2, 0.25) is 0 Å². The van der Waals surface area contributed by atoms with E-state index in [0.29, 0.717) is 23.0 Å². The standard InChI is InChI=1S/C19H18N2O3/c1-12-6-4-5-7-15(12)18-20-16(19(22)21-18)10-13-8-9-14(23-2)11-17(13)24-3/h4-11H,1-3H3,(H,20,21,22)/b16-10+. The fraction of sp³-hybridized carbons (Fsp3) is 0.158. The smallest absolute Gasteiger partial charge is 0.275 e. The Balaban J connectivity index is 1.99. The summed E-state index contributed by atoms with van der Waals surface area (Å²) in [4.78, 5) is 16.7. The Kier molecular flexibility index (Phi) is 4.33. The lowest BCUT2D eigenvalue weighted by atomic mass is 10.1. The normalized spacial score (nSPS) is 15.2. The number of carbonyl (C=O) groups is 1. The van der Waals surface area contributed by atoms with Gasteiger partial charge in [0.05, 0.1) is 14.2 Å². The number of benzene rings is 2. The number of methoxy groups -OCH3 is 2. The van der Waals surface area contributed by atoms with Crippen LogP contribution < -0.4 is 14.8 Å². The molecule has 1 aliphatic heterocycles. The third-order valence-corrected chi connectivity index (χ3v) is 3.83. The topological polar surface area (TPSA) is 59.9 Å². The van der Waals surface area contributed by atoms with Gasteiger partial charge in [-0.2, -0.15) is 0 Å². The predicted octanol–water partition coefficient (Wildman–Crippen LogP) is 2.93. The van der Waals surface area contributed by atoms with Gasteiger partial charge in [0.15, 0.2) is 0 Å². The van der Waals surface area contributed by atoms with Gasteiger partial charge in [-0.15, -0.1) is 0 Å². The fourth-order valence-electron chi connectivity index (χ4n) is 2.52. The SMILES string of the molecule is COc1ccc(/C=C2/N=C(c3ccccc3C)NC2=O)c(OC)c1. The summed E-state index contributed by atoms with van der Waals surface area (Å²) in [5, 5.41) is 2.82. The third kappa shape index (κ3) is 3.01. The summed E-state index contributed by atoms with van der Waals surface area (Å²) in [5.74, 6) is 1.64. The maximum Gasteiger partial charge on any atom is 0.275 e. The van der Waals surface area contributed by atoms with Crippen molar-refractivity contribution in [1.29, 1.82) is 0 Å². The van der Waals surface area contributed by atoms with Crippen LogP contribution in [-0.2, 0) is 4.79 Å². The van der Waals surface area contributed by atoms with E-state index in [1.807, 2.05) is 43.3 Å². The van der Waals surface area contributed by atoms with Crippen molar-refractivity contribution in [3.8, 4) is 11.5 Å². The van der Waals surface area contributed by atoms with E-state index in [-0.39, 0.29) is 5.91 Å². The molecule has 0 spiro atoms. The molecule has 1 heterocycles. The number of amidine groups is 1. The second-order valence-electron chi connectivity index (χ2n) is 5.37. The second kappa shape index (κ2) is 6.58. The molecule has 2 aromatic rings. The number of nitrogens with zero attached hydrogens (tertiary/aromatic N) is 1. The van der Waals surface area contributed by atoms with Crippen molar-refractivity contribution in [2.45, 2.75) is 6.92 Å². The Morgan fingerprint density at radius 3 is 2.58 bits per heavy atom. The molecule has 0 atom stereocenters. The van der Waals surface area contributed by atoms with Crippen molar-refractivity contribution in [3.63, 3.8) is 0 Å².